The third-order valence-corrected chi connectivity index (χ3v) is 2.02. The zero-order valence-corrected chi connectivity index (χ0v) is 7.32. The van der Waals surface area contributed by atoms with E-state index >= 15 is 0 Å². The van der Waals surface area contributed by atoms with E-state index in [0.717, 1.165) is 11.0 Å². The molecule has 2 rings (SSSR count). The first-order chi connectivity index (χ1) is 5.77. The van der Waals surface area contributed by atoms with Crippen molar-refractivity contribution in [2.45, 2.75) is 19.9 Å². The molecule has 2 aromatic heterocycles. The molecule has 2 aromatic rings. The molecule has 0 aromatic carbocycles. The van der Waals surface area contributed by atoms with Crippen LogP contribution < -0.4 is 4.57 Å². The largest absolute Gasteiger partial charge is 0.458 e. The van der Waals surface area contributed by atoms with Crippen LogP contribution in [0.5, 0.6) is 0 Å². The number of aromatic nitrogens is 1. The molecule has 0 aliphatic rings. The van der Waals surface area contributed by atoms with Crippen molar-refractivity contribution >= 4 is 11.0 Å². The summed E-state index contributed by atoms with van der Waals surface area (Å²) in [5.41, 5.74) is 0.950. The van der Waals surface area contributed by atoms with E-state index in [1.165, 1.54) is 0 Å². The number of nitrogens with zero attached hydrogens (tertiary/aromatic N) is 1. The van der Waals surface area contributed by atoms with Crippen molar-refractivity contribution in [3.63, 3.8) is 0 Å². The molecular formula is C10H12NO+. The molecule has 2 nitrogen and oxygen atoms in total. The highest BCUT2D eigenvalue weighted by Gasteiger charge is 2.07. The minimum atomic E-state index is 0.486. The molecule has 0 atom stereocenters. The Morgan fingerprint density at radius 1 is 1.33 bits per heavy atom. The lowest BCUT2D eigenvalue weighted by molar-refractivity contribution is -0.715. The lowest BCUT2D eigenvalue weighted by Gasteiger charge is -1.97. The summed E-state index contributed by atoms with van der Waals surface area (Å²) < 4.78 is 7.42. The number of hydrogen-bond donors (Lipinski definition) is 0. The Bertz CT molecular complexity index is 389. The maximum Gasteiger partial charge on any atom is 0.212 e. The average Bonchev–Trinajstić information content (AvgIpc) is 2.49. The second kappa shape index (κ2) is 2.63. The molecule has 0 bridgehead atoms. The fourth-order valence-corrected chi connectivity index (χ4v) is 1.24. The molecule has 0 N–H and O–H groups in total. The first kappa shape index (κ1) is 7.35. The normalized spacial score (nSPS) is 11.2. The maximum atomic E-state index is 5.29. The van der Waals surface area contributed by atoms with Gasteiger partial charge in [-0.25, -0.2) is 0 Å². The van der Waals surface area contributed by atoms with Crippen LogP contribution >= 0.6 is 0 Å². The summed E-state index contributed by atoms with van der Waals surface area (Å²) in [6, 6.07) is 4.53. The maximum absolute atomic E-state index is 5.29. The van der Waals surface area contributed by atoms with Crippen LogP contribution in [0.3, 0.4) is 0 Å². The van der Waals surface area contributed by atoms with Crippen LogP contribution in [0.1, 0.15) is 19.9 Å². The number of furan rings is 1. The second-order valence-corrected chi connectivity index (χ2v) is 3.23. The van der Waals surface area contributed by atoms with Gasteiger partial charge in [-0.05, 0) is 19.9 Å². The van der Waals surface area contributed by atoms with Gasteiger partial charge in [0.2, 0.25) is 6.20 Å². The van der Waals surface area contributed by atoms with Crippen LogP contribution in [-0.4, -0.2) is 0 Å². The highest BCUT2D eigenvalue weighted by Crippen LogP contribution is 2.11. The molecule has 62 valence electrons. The molecule has 0 saturated carbocycles. The van der Waals surface area contributed by atoms with Crippen molar-refractivity contribution in [3.05, 3.63) is 30.8 Å². The van der Waals surface area contributed by atoms with Crippen LogP contribution in [0.4, 0.5) is 0 Å². The van der Waals surface area contributed by atoms with Gasteiger partial charge in [0.1, 0.15) is 0 Å². The molecule has 2 heterocycles. The van der Waals surface area contributed by atoms with Crippen LogP contribution in [-0.2, 0) is 0 Å². The predicted octanol–water partition coefficient (Wildman–Crippen LogP) is 2.30. The van der Waals surface area contributed by atoms with Crippen molar-refractivity contribution < 1.29 is 8.98 Å². The van der Waals surface area contributed by atoms with Crippen molar-refractivity contribution in [2.24, 2.45) is 0 Å². The van der Waals surface area contributed by atoms with Gasteiger partial charge in [0.15, 0.2) is 17.8 Å². The number of hydrogen-bond acceptors (Lipinski definition) is 1. The standard InChI is InChI=1S/C10H12NO/c1-8(2)11-5-3-9-4-6-12-10(9)7-11/h3-8H,1-2H3/q+1. The quantitative estimate of drug-likeness (QED) is 0.588. The Labute approximate surface area is 71.4 Å². The van der Waals surface area contributed by atoms with Gasteiger partial charge < -0.3 is 4.42 Å². The highest BCUT2D eigenvalue weighted by molar-refractivity contribution is 5.74. The Hall–Kier alpha value is -1.31. The lowest BCUT2D eigenvalue weighted by Crippen LogP contribution is -2.34. The molecule has 12 heavy (non-hydrogen) atoms. The van der Waals surface area contributed by atoms with Crippen LogP contribution in [0.25, 0.3) is 11.0 Å². The van der Waals surface area contributed by atoms with E-state index in [1.807, 2.05) is 12.3 Å². The minimum absolute atomic E-state index is 0.486. The van der Waals surface area contributed by atoms with Crippen LogP contribution in [0.15, 0.2) is 35.2 Å². The zero-order valence-electron chi connectivity index (χ0n) is 7.32. The van der Waals surface area contributed by atoms with Gasteiger partial charge in [-0.2, -0.15) is 4.57 Å². The molecule has 0 aliphatic heterocycles. The number of fused-ring (bicyclic) bond motifs is 1. The molecule has 2 heteroatoms. The monoisotopic (exact) mass is 162 g/mol. The van der Waals surface area contributed by atoms with E-state index in [1.54, 1.807) is 6.26 Å². The highest BCUT2D eigenvalue weighted by atomic mass is 16.3. The smallest absolute Gasteiger partial charge is 0.212 e. The van der Waals surface area contributed by atoms with Gasteiger partial charge in [-0.15, -0.1) is 0 Å². The van der Waals surface area contributed by atoms with Gasteiger partial charge in [-0.3, -0.25) is 0 Å². The molecule has 0 aliphatic carbocycles. The van der Waals surface area contributed by atoms with Crippen molar-refractivity contribution in [1.82, 2.24) is 0 Å². The minimum Gasteiger partial charge on any atom is -0.458 e. The summed E-state index contributed by atoms with van der Waals surface area (Å²) in [5, 5.41) is 1.16. The molecule has 0 spiro atoms. The zero-order chi connectivity index (χ0) is 8.55. The summed E-state index contributed by atoms with van der Waals surface area (Å²) in [6.45, 7) is 4.30. The topological polar surface area (TPSA) is 17.0 Å². The number of rotatable bonds is 1. The Balaban J connectivity index is 2.60. The van der Waals surface area contributed by atoms with Gasteiger partial charge in [0, 0.05) is 11.5 Å². The predicted molar refractivity (Wildman–Crippen MR) is 46.8 cm³/mol. The molecule has 0 fully saturated rings. The first-order valence-electron chi connectivity index (χ1n) is 4.15. The summed E-state index contributed by atoms with van der Waals surface area (Å²) in [7, 11) is 0. The third-order valence-electron chi connectivity index (χ3n) is 2.02. The molecular weight excluding hydrogens is 150 g/mol. The van der Waals surface area contributed by atoms with Crippen LogP contribution in [0, 0.1) is 0 Å². The van der Waals surface area contributed by atoms with E-state index in [-0.39, 0.29) is 0 Å². The van der Waals surface area contributed by atoms with Gasteiger partial charge in [0.25, 0.3) is 0 Å². The van der Waals surface area contributed by atoms with Gasteiger partial charge in [0.05, 0.1) is 6.26 Å². The average molecular weight is 162 g/mol. The molecule has 0 radical (unpaired) electrons. The third kappa shape index (κ3) is 1.09. The van der Waals surface area contributed by atoms with Crippen LogP contribution in [0.2, 0.25) is 0 Å². The summed E-state index contributed by atoms with van der Waals surface area (Å²) in [5.74, 6) is 0. The fourth-order valence-electron chi connectivity index (χ4n) is 1.24. The van der Waals surface area contributed by atoms with E-state index in [0.29, 0.717) is 6.04 Å². The Morgan fingerprint density at radius 2 is 2.17 bits per heavy atom. The van der Waals surface area contributed by atoms with E-state index in [4.69, 9.17) is 4.42 Å². The Morgan fingerprint density at radius 3 is 2.92 bits per heavy atom. The molecule has 0 saturated heterocycles. The SMILES string of the molecule is CC(C)[n+]1ccc2ccoc2c1. The molecule has 0 unspecified atom stereocenters. The second-order valence-electron chi connectivity index (χ2n) is 3.23. The fraction of sp³-hybridized carbons (Fsp3) is 0.300. The number of pyridine rings is 1. The molecule has 0 amide bonds. The van der Waals surface area contributed by atoms with Crippen molar-refractivity contribution in [3.8, 4) is 0 Å². The van der Waals surface area contributed by atoms with E-state index < -0.39 is 0 Å². The summed E-state index contributed by atoms with van der Waals surface area (Å²) in [4.78, 5) is 0. The van der Waals surface area contributed by atoms with Gasteiger partial charge >= 0.3 is 0 Å². The first-order valence-corrected chi connectivity index (χ1v) is 4.15. The summed E-state index contributed by atoms with van der Waals surface area (Å²) >= 11 is 0. The van der Waals surface area contributed by atoms with E-state index in [9.17, 15) is 0 Å². The van der Waals surface area contributed by atoms with E-state index in [2.05, 4.69) is 30.7 Å². The van der Waals surface area contributed by atoms with Crippen molar-refractivity contribution in [1.29, 1.82) is 0 Å². The lowest BCUT2D eigenvalue weighted by atomic mass is 10.3. The Kier molecular flexibility index (Phi) is 1.61. The van der Waals surface area contributed by atoms with Gasteiger partial charge in [-0.1, -0.05) is 0 Å². The summed E-state index contributed by atoms with van der Waals surface area (Å²) in [6.07, 6.45) is 5.82. The van der Waals surface area contributed by atoms with Crippen molar-refractivity contribution in [2.75, 3.05) is 0 Å².